The largest absolute Gasteiger partial charge is 0.332 e. The Morgan fingerprint density at radius 2 is 1.87 bits per heavy atom. The van der Waals surface area contributed by atoms with Crippen molar-refractivity contribution in [1.82, 2.24) is 9.21 Å². The van der Waals surface area contributed by atoms with Crippen LogP contribution in [0, 0.1) is 0 Å². The molecule has 1 amide bonds. The van der Waals surface area contributed by atoms with E-state index >= 15 is 0 Å². The van der Waals surface area contributed by atoms with Crippen molar-refractivity contribution in [2.75, 3.05) is 6.54 Å². The van der Waals surface area contributed by atoms with Crippen LogP contribution in [0.5, 0.6) is 0 Å². The summed E-state index contributed by atoms with van der Waals surface area (Å²) >= 11 is 1.68. The zero-order valence-electron chi connectivity index (χ0n) is 17.7. The molecule has 7 heteroatoms. The Morgan fingerprint density at radius 1 is 1.10 bits per heavy atom. The molecule has 4 rings (SSSR count). The van der Waals surface area contributed by atoms with E-state index in [1.54, 1.807) is 34.4 Å². The molecule has 0 N–H and O–H groups in total. The van der Waals surface area contributed by atoms with Crippen LogP contribution in [0.15, 0.2) is 70.9 Å². The summed E-state index contributed by atoms with van der Waals surface area (Å²) in [5, 5.41) is 2.01. The highest BCUT2D eigenvalue weighted by molar-refractivity contribution is 7.89. The number of benzene rings is 2. The van der Waals surface area contributed by atoms with Crippen LogP contribution in [0.2, 0.25) is 0 Å². The number of thiophene rings is 1. The molecule has 0 fully saturated rings. The molecule has 2 heterocycles. The van der Waals surface area contributed by atoms with E-state index in [-0.39, 0.29) is 16.8 Å². The summed E-state index contributed by atoms with van der Waals surface area (Å²) < 4.78 is 28.1. The number of sulfonamides is 1. The van der Waals surface area contributed by atoms with Crippen molar-refractivity contribution in [1.29, 1.82) is 0 Å². The molecule has 1 aliphatic heterocycles. The van der Waals surface area contributed by atoms with Crippen LogP contribution in [0.3, 0.4) is 0 Å². The monoisotopic (exact) mass is 454 g/mol. The molecule has 0 saturated carbocycles. The Bertz CT molecular complexity index is 1170. The van der Waals surface area contributed by atoms with E-state index < -0.39 is 10.0 Å². The van der Waals surface area contributed by atoms with Crippen LogP contribution in [0.4, 0.5) is 0 Å². The lowest BCUT2D eigenvalue weighted by molar-refractivity contribution is 0.0690. The van der Waals surface area contributed by atoms with Gasteiger partial charge in [0.15, 0.2) is 0 Å². The third-order valence-corrected chi connectivity index (χ3v) is 8.44. The van der Waals surface area contributed by atoms with Crippen molar-refractivity contribution in [2.45, 2.75) is 44.3 Å². The van der Waals surface area contributed by atoms with Crippen LogP contribution in [-0.4, -0.2) is 36.1 Å². The van der Waals surface area contributed by atoms with Crippen molar-refractivity contribution < 1.29 is 13.2 Å². The fourth-order valence-electron chi connectivity index (χ4n) is 3.80. The van der Waals surface area contributed by atoms with Gasteiger partial charge in [0.2, 0.25) is 10.0 Å². The average Bonchev–Trinajstić information content (AvgIpc) is 3.25. The molecule has 0 unspecified atom stereocenters. The number of amides is 1. The number of carbonyl (C=O) groups is 1. The standard InChI is InChI=1S/C24H26N2O3S2/c1-18(2)26(16-19-7-4-3-5-8-19)24(27)20-9-6-10-22(15-20)31(28,29)25-13-11-23-21(17-25)12-14-30-23/h3-10,12,14-15,18H,11,13,16-17H2,1-2H3. The lowest BCUT2D eigenvalue weighted by Gasteiger charge is -2.28. The van der Waals surface area contributed by atoms with Gasteiger partial charge in [-0.1, -0.05) is 36.4 Å². The number of fused-ring (bicyclic) bond motifs is 1. The van der Waals surface area contributed by atoms with Crippen molar-refractivity contribution in [3.05, 3.63) is 87.6 Å². The van der Waals surface area contributed by atoms with E-state index in [0.717, 1.165) is 17.5 Å². The van der Waals surface area contributed by atoms with E-state index in [0.29, 0.717) is 25.2 Å². The predicted molar refractivity (Wildman–Crippen MR) is 124 cm³/mol. The molecule has 0 aliphatic carbocycles. The van der Waals surface area contributed by atoms with Crippen molar-refractivity contribution in [2.24, 2.45) is 0 Å². The summed E-state index contributed by atoms with van der Waals surface area (Å²) in [6, 6.07) is 18.2. The number of nitrogens with zero attached hydrogens (tertiary/aromatic N) is 2. The zero-order valence-corrected chi connectivity index (χ0v) is 19.3. The van der Waals surface area contributed by atoms with E-state index in [9.17, 15) is 13.2 Å². The summed E-state index contributed by atoms with van der Waals surface area (Å²) in [7, 11) is -3.68. The first-order valence-corrected chi connectivity index (χ1v) is 12.7. The highest BCUT2D eigenvalue weighted by atomic mass is 32.2. The van der Waals surface area contributed by atoms with Crippen LogP contribution in [0.25, 0.3) is 0 Å². The number of carbonyl (C=O) groups excluding carboxylic acids is 1. The quantitative estimate of drug-likeness (QED) is 0.549. The van der Waals surface area contributed by atoms with Crippen molar-refractivity contribution >= 4 is 27.3 Å². The minimum Gasteiger partial charge on any atom is -0.332 e. The molecule has 5 nitrogen and oxygen atoms in total. The molecule has 1 aliphatic rings. The second-order valence-corrected chi connectivity index (χ2v) is 10.9. The highest BCUT2D eigenvalue weighted by Crippen LogP contribution is 2.28. The molecule has 1 aromatic heterocycles. The summed E-state index contributed by atoms with van der Waals surface area (Å²) in [6.07, 6.45) is 0.725. The van der Waals surface area contributed by atoms with Crippen LogP contribution < -0.4 is 0 Å². The van der Waals surface area contributed by atoms with Gasteiger partial charge in [-0.25, -0.2) is 8.42 Å². The fourth-order valence-corrected chi connectivity index (χ4v) is 6.16. The van der Waals surface area contributed by atoms with Gasteiger partial charge in [-0.15, -0.1) is 11.3 Å². The lowest BCUT2D eigenvalue weighted by atomic mass is 10.1. The predicted octanol–water partition coefficient (Wildman–Crippen LogP) is 4.55. The van der Waals surface area contributed by atoms with Gasteiger partial charge < -0.3 is 4.90 Å². The van der Waals surface area contributed by atoms with Crippen LogP contribution in [-0.2, 0) is 29.5 Å². The molecule has 0 spiro atoms. The lowest BCUT2D eigenvalue weighted by Crippen LogP contribution is -2.37. The van der Waals surface area contributed by atoms with Crippen LogP contribution >= 0.6 is 11.3 Å². The summed E-state index contributed by atoms with van der Waals surface area (Å²) in [4.78, 5) is 16.5. The normalized spacial score (nSPS) is 14.4. The molecule has 162 valence electrons. The molecule has 0 radical (unpaired) electrons. The first kappa shape index (κ1) is 21.7. The smallest absolute Gasteiger partial charge is 0.254 e. The molecule has 0 saturated heterocycles. The van der Waals surface area contributed by atoms with Gasteiger partial charge in [0.05, 0.1) is 4.90 Å². The number of rotatable bonds is 6. The fraction of sp³-hybridized carbons (Fsp3) is 0.292. The van der Waals surface area contributed by atoms with Gasteiger partial charge in [-0.3, -0.25) is 4.79 Å². The second kappa shape index (κ2) is 8.94. The van der Waals surface area contributed by atoms with Gasteiger partial charge in [-0.2, -0.15) is 4.31 Å². The van der Waals surface area contributed by atoms with E-state index in [2.05, 4.69) is 0 Å². The molecule has 0 atom stereocenters. The molecular formula is C24H26N2O3S2. The van der Waals surface area contributed by atoms with E-state index in [1.807, 2.05) is 55.6 Å². The third kappa shape index (κ3) is 4.59. The summed E-state index contributed by atoms with van der Waals surface area (Å²) in [5.41, 5.74) is 2.49. The Labute approximate surface area is 188 Å². The van der Waals surface area contributed by atoms with Crippen molar-refractivity contribution in [3.8, 4) is 0 Å². The molecule has 3 aromatic rings. The third-order valence-electron chi connectivity index (χ3n) is 5.57. The Hall–Kier alpha value is -2.48. The number of hydrogen-bond donors (Lipinski definition) is 0. The Balaban J connectivity index is 1.59. The maximum absolute atomic E-state index is 13.3. The molecular weight excluding hydrogens is 428 g/mol. The average molecular weight is 455 g/mol. The molecule has 2 aromatic carbocycles. The molecule has 31 heavy (non-hydrogen) atoms. The van der Waals surface area contributed by atoms with Gasteiger partial charge in [0, 0.05) is 36.1 Å². The van der Waals surface area contributed by atoms with Gasteiger partial charge in [0.1, 0.15) is 0 Å². The minimum absolute atomic E-state index is 0.0212. The zero-order chi connectivity index (χ0) is 22.0. The van der Waals surface area contributed by atoms with Gasteiger partial charge in [0.25, 0.3) is 5.91 Å². The highest BCUT2D eigenvalue weighted by Gasteiger charge is 2.30. The first-order chi connectivity index (χ1) is 14.9. The SMILES string of the molecule is CC(C)N(Cc1ccccc1)C(=O)c1cccc(S(=O)(=O)N2CCc3sccc3C2)c1. The minimum atomic E-state index is -3.68. The first-order valence-electron chi connectivity index (χ1n) is 10.4. The van der Waals surface area contributed by atoms with Crippen molar-refractivity contribution in [3.63, 3.8) is 0 Å². The molecule has 0 bridgehead atoms. The Morgan fingerprint density at radius 3 is 2.61 bits per heavy atom. The maximum Gasteiger partial charge on any atom is 0.254 e. The number of hydrogen-bond acceptors (Lipinski definition) is 4. The topological polar surface area (TPSA) is 57.7 Å². The summed E-state index contributed by atoms with van der Waals surface area (Å²) in [5.74, 6) is -0.172. The van der Waals surface area contributed by atoms with E-state index in [1.165, 1.54) is 15.2 Å². The van der Waals surface area contributed by atoms with E-state index in [4.69, 9.17) is 0 Å². The maximum atomic E-state index is 13.3. The Kier molecular flexibility index (Phi) is 6.27. The second-order valence-electron chi connectivity index (χ2n) is 8.00. The van der Waals surface area contributed by atoms with Gasteiger partial charge >= 0.3 is 0 Å². The summed E-state index contributed by atoms with van der Waals surface area (Å²) in [6.45, 7) is 5.24. The van der Waals surface area contributed by atoms with Gasteiger partial charge in [-0.05, 0) is 61.0 Å². The van der Waals surface area contributed by atoms with Crippen LogP contribution in [0.1, 0.15) is 40.2 Å².